The first kappa shape index (κ1) is 63.5. The van der Waals surface area contributed by atoms with Gasteiger partial charge in [0, 0.05) is 12.8 Å². The highest BCUT2D eigenvalue weighted by molar-refractivity contribution is 7.45. The number of amides is 1. The Kier molecular flexibility index (Phi) is 44.4. The number of nitrogens with one attached hydrogen (secondary N) is 1. The van der Waals surface area contributed by atoms with E-state index in [1.54, 1.807) is 0 Å². The largest absolute Gasteiger partial charge is 0.756 e. The molecule has 0 radical (unpaired) electrons. The Bertz CT molecular complexity index is 1370. The third-order valence-corrected chi connectivity index (χ3v) is 12.4. The third kappa shape index (κ3) is 46.6. The molecule has 10 heteroatoms. The maximum absolute atomic E-state index is 13.4. The molecular formula is C56H101N2O7P. The molecule has 0 aliphatic heterocycles. The Hall–Kier alpha value is -2.55. The van der Waals surface area contributed by atoms with Crippen LogP contribution in [0.2, 0.25) is 0 Å². The molecule has 0 rings (SSSR count). The summed E-state index contributed by atoms with van der Waals surface area (Å²) in [5.41, 5.74) is 0. The predicted octanol–water partition coefficient (Wildman–Crippen LogP) is 15.1. The van der Waals surface area contributed by atoms with Gasteiger partial charge in [-0.25, -0.2) is 0 Å². The van der Waals surface area contributed by atoms with Crippen molar-refractivity contribution in [1.29, 1.82) is 0 Å². The smallest absolute Gasteiger partial charge is 0.306 e. The van der Waals surface area contributed by atoms with Gasteiger partial charge in [0.05, 0.1) is 33.8 Å². The van der Waals surface area contributed by atoms with E-state index in [0.717, 1.165) is 96.3 Å². The predicted molar refractivity (Wildman–Crippen MR) is 279 cm³/mol. The first-order chi connectivity index (χ1) is 31.9. The number of unbranched alkanes of at least 4 members (excludes halogenated alkanes) is 23. The zero-order valence-corrected chi connectivity index (χ0v) is 44.3. The number of quaternary nitrogens is 1. The second-order valence-electron chi connectivity index (χ2n) is 19.0. The van der Waals surface area contributed by atoms with Crippen LogP contribution in [-0.2, 0) is 27.9 Å². The van der Waals surface area contributed by atoms with E-state index in [1.165, 1.54) is 83.5 Å². The van der Waals surface area contributed by atoms with Crippen LogP contribution in [0.25, 0.3) is 0 Å². The molecule has 0 spiro atoms. The molecule has 0 bridgehead atoms. The molecule has 66 heavy (non-hydrogen) atoms. The van der Waals surface area contributed by atoms with Gasteiger partial charge in [0.25, 0.3) is 7.82 Å². The van der Waals surface area contributed by atoms with Crippen molar-refractivity contribution in [1.82, 2.24) is 5.32 Å². The number of phosphoric acid groups is 1. The molecule has 3 atom stereocenters. The second-order valence-corrected chi connectivity index (χ2v) is 20.4. The topological polar surface area (TPSA) is 114 Å². The lowest BCUT2D eigenvalue weighted by Gasteiger charge is -2.30. The van der Waals surface area contributed by atoms with Crippen molar-refractivity contribution in [3.63, 3.8) is 0 Å². The number of rotatable bonds is 47. The number of carbonyl (C=O) groups is 2. The Morgan fingerprint density at radius 2 is 1.05 bits per heavy atom. The van der Waals surface area contributed by atoms with E-state index in [-0.39, 0.29) is 24.9 Å². The van der Waals surface area contributed by atoms with Crippen molar-refractivity contribution in [3.05, 3.63) is 72.9 Å². The van der Waals surface area contributed by atoms with E-state index in [9.17, 15) is 19.0 Å². The Morgan fingerprint density at radius 3 is 1.61 bits per heavy atom. The van der Waals surface area contributed by atoms with E-state index in [4.69, 9.17) is 13.8 Å². The molecule has 0 aromatic rings. The summed E-state index contributed by atoms with van der Waals surface area (Å²) in [5.74, 6) is -0.570. The number of ether oxygens (including phenoxy) is 1. The number of hydrogen-bond donors (Lipinski definition) is 1. The summed E-state index contributed by atoms with van der Waals surface area (Å²) < 4.78 is 30.1. The maximum atomic E-state index is 13.4. The van der Waals surface area contributed by atoms with E-state index in [0.29, 0.717) is 23.9 Å². The summed E-state index contributed by atoms with van der Waals surface area (Å²) in [6, 6.07) is -0.898. The van der Waals surface area contributed by atoms with Crippen molar-refractivity contribution >= 4 is 19.7 Å². The second kappa shape index (κ2) is 46.2. The Morgan fingerprint density at radius 1 is 0.561 bits per heavy atom. The van der Waals surface area contributed by atoms with Gasteiger partial charge in [-0.3, -0.25) is 14.2 Å². The van der Waals surface area contributed by atoms with Gasteiger partial charge in [-0.15, -0.1) is 0 Å². The van der Waals surface area contributed by atoms with Gasteiger partial charge in [-0.05, 0) is 76.7 Å². The monoisotopic (exact) mass is 945 g/mol. The van der Waals surface area contributed by atoms with Crippen LogP contribution in [0.5, 0.6) is 0 Å². The number of hydrogen-bond acceptors (Lipinski definition) is 7. The fourth-order valence-electron chi connectivity index (χ4n) is 7.32. The number of likely N-dealkylation sites (N-methyl/N-ethyl adjacent to an activating group) is 1. The van der Waals surface area contributed by atoms with Crippen LogP contribution < -0.4 is 10.2 Å². The number of nitrogens with zero attached hydrogens (tertiary/aromatic N) is 1. The number of esters is 1. The van der Waals surface area contributed by atoms with Crippen LogP contribution in [0.1, 0.15) is 220 Å². The summed E-state index contributed by atoms with van der Waals surface area (Å²) in [6.45, 7) is 6.57. The highest BCUT2D eigenvalue weighted by Crippen LogP contribution is 2.38. The zero-order valence-electron chi connectivity index (χ0n) is 43.4. The molecule has 0 aliphatic rings. The zero-order chi connectivity index (χ0) is 48.7. The molecular weight excluding hydrogens is 844 g/mol. The highest BCUT2D eigenvalue weighted by atomic mass is 31.2. The van der Waals surface area contributed by atoms with Crippen molar-refractivity contribution in [2.45, 2.75) is 232 Å². The number of allylic oxidation sites excluding steroid dienone is 11. The van der Waals surface area contributed by atoms with Crippen LogP contribution in [0.15, 0.2) is 72.9 Å². The first-order valence-corrected chi connectivity index (χ1v) is 28.2. The average molecular weight is 945 g/mol. The van der Waals surface area contributed by atoms with E-state index in [1.807, 2.05) is 33.3 Å². The lowest BCUT2D eigenvalue weighted by molar-refractivity contribution is -0.870. The third-order valence-electron chi connectivity index (χ3n) is 11.4. The quantitative estimate of drug-likeness (QED) is 0.0161. The van der Waals surface area contributed by atoms with Gasteiger partial charge < -0.3 is 28.5 Å². The average Bonchev–Trinajstić information content (AvgIpc) is 3.27. The minimum Gasteiger partial charge on any atom is -0.756 e. The van der Waals surface area contributed by atoms with Crippen LogP contribution in [0.4, 0.5) is 0 Å². The van der Waals surface area contributed by atoms with E-state index < -0.39 is 26.6 Å². The molecule has 3 unspecified atom stereocenters. The number of phosphoric ester groups is 1. The molecule has 1 amide bonds. The van der Waals surface area contributed by atoms with Crippen LogP contribution in [0, 0.1) is 0 Å². The van der Waals surface area contributed by atoms with Crippen molar-refractivity contribution in [2.24, 2.45) is 0 Å². The molecule has 1 N–H and O–H groups in total. The van der Waals surface area contributed by atoms with E-state index in [2.05, 4.69) is 86.8 Å². The molecule has 0 fully saturated rings. The van der Waals surface area contributed by atoms with Gasteiger partial charge >= 0.3 is 5.97 Å². The van der Waals surface area contributed by atoms with Crippen molar-refractivity contribution in [2.75, 3.05) is 40.9 Å². The van der Waals surface area contributed by atoms with Crippen molar-refractivity contribution in [3.8, 4) is 0 Å². The first-order valence-electron chi connectivity index (χ1n) is 26.8. The van der Waals surface area contributed by atoms with Gasteiger partial charge in [0.15, 0.2) is 0 Å². The normalized spacial score (nSPS) is 14.5. The molecule has 382 valence electrons. The fourth-order valence-corrected chi connectivity index (χ4v) is 8.05. The summed E-state index contributed by atoms with van der Waals surface area (Å²) in [6.07, 6.45) is 57.2. The molecule has 0 aromatic heterocycles. The van der Waals surface area contributed by atoms with E-state index >= 15 is 0 Å². The lowest BCUT2D eigenvalue weighted by Crippen LogP contribution is -2.47. The van der Waals surface area contributed by atoms with Gasteiger partial charge in [0.2, 0.25) is 5.91 Å². The summed E-state index contributed by atoms with van der Waals surface area (Å²) in [5, 5.41) is 3.00. The minimum absolute atomic E-state index is 0.0288. The summed E-state index contributed by atoms with van der Waals surface area (Å²) in [7, 11) is 1.16. The van der Waals surface area contributed by atoms with Gasteiger partial charge in [-0.1, -0.05) is 203 Å². The summed E-state index contributed by atoms with van der Waals surface area (Å²) >= 11 is 0. The van der Waals surface area contributed by atoms with Gasteiger partial charge in [-0.2, -0.15) is 0 Å². The molecule has 0 saturated carbocycles. The molecule has 0 saturated heterocycles. The molecule has 0 heterocycles. The maximum Gasteiger partial charge on any atom is 0.306 e. The lowest BCUT2D eigenvalue weighted by atomic mass is 10.1. The summed E-state index contributed by atoms with van der Waals surface area (Å²) in [4.78, 5) is 39.7. The van der Waals surface area contributed by atoms with Crippen LogP contribution >= 0.6 is 7.82 Å². The van der Waals surface area contributed by atoms with Crippen molar-refractivity contribution < 1.29 is 37.3 Å². The number of carbonyl (C=O) groups excluding carboxylic acids is 2. The molecule has 0 aliphatic carbocycles. The minimum atomic E-state index is -4.70. The standard InChI is InChI=1S/C56H101N2O7P/c1-7-10-13-16-19-22-25-27-29-31-34-37-40-43-46-49-56(60)65-54(47-44-41-38-35-32-24-21-18-15-12-9-3)53(52-64-66(61,62)63-51-50-58(4,5)6)57-55(59)48-45-42-39-36-33-30-28-26-23-20-17-14-11-8-2/h10-11,13-14,16,19-20,22-23,25,44,47,53-54H,7-9,12,15,17-18,21,24,26-43,45-46,48-52H2,1-6H3,(H-,57,59,61,62)/b13-10+,14-11+,19-16+,23-20+,25-22+,47-44+. The van der Waals surface area contributed by atoms with Crippen LogP contribution in [-0.4, -0.2) is 69.4 Å². The molecule has 9 nitrogen and oxygen atoms in total. The Labute approximate surface area is 406 Å². The Balaban J connectivity index is 5.41. The SMILES string of the molecule is CC/C=C/C=C/C=C/CCCCCCCCCC(=O)OC(/C=C/CCCCCCCCCCC)C(COP(=O)([O-])OCC[N+](C)(C)C)NC(=O)CCCCCCCCC/C=C/C/C=C/CC. The fraction of sp³-hybridized carbons (Fsp3) is 0.750. The van der Waals surface area contributed by atoms with Gasteiger partial charge in [0.1, 0.15) is 19.3 Å². The van der Waals surface area contributed by atoms with Crippen LogP contribution in [0.3, 0.4) is 0 Å². The highest BCUT2D eigenvalue weighted by Gasteiger charge is 2.27. The molecule has 0 aromatic carbocycles.